The Bertz CT molecular complexity index is 102. The summed E-state index contributed by atoms with van der Waals surface area (Å²) >= 11 is 0. The number of hydrogen-bond donors (Lipinski definition) is 0. The number of hydrogen-bond acceptors (Lipinski definition) is 1. The monoisotopic (exact) mass is 157 g/mol. The van der Waals surface area contributed by atoms with Crippen molar-refractivity contribution in [1.82, 2.24) is 4.90 Å². The zero-order valence-corrected chi connectivity index (χ0v) is 8.94. The zero-order valence-electron chi connectivity index (χ0n) is 8.94. The highest BCUT2D eigenvalue weighted by Crippen LogP contribution is 2.26. The Morgan fingerprint density at radius 3 is 1.64 bits per heavy atom. The van der Waals surface area contributed by atoms with Crippen LogP contribution in [0, 0.1) is 0 Å². The van der Waals surface area contributed by atoms with Crippen LogP contribution in [0.15, 0.2) is 0 Å². The number of likely N-dealkylation sites (tertiary alicyclic amines) is 1. The molecule has 11 heavy (non-hydrogen) atoms. The van der Waals surface area contributed by atoms with Gasteiger partial charge < -0.3 is 0 Å². The SMILES string of the molecule is CC.CC1CCN1C(C)(C)C. The van der Waals surface area contributed by atoms with Crippen LogP contribution in [0.4, 0.5) is 0 Å². The van der Waals surface area contributed by atoms with E-state index in [1.807, 2.05) is 13.8 Å². The minimum absolute atomic E-state index is 0.400. The molecule has 0 aliphatic carbocycles. The van der Waals surface area contributed by atoms with Gasteiger partial charge in [0.2, 0.25) is 0 Å². The van der Waals surface area contributed by atoms with Gasteiger partial charge in [-0.15, -0.1) is 0 Å². The summed E-state index contributed by atoms with van der Waals surface area (Å²) in [7, 11) is 0. The van der Waals surface area contributed by atoms with E-state index in [0.717, 1.165) is 6.04 Å². The minimum atomic E-state index is 0.400. The molecule has 0 spiro atoms. The van der Waals surface area contributed by atoms with E-state index in [0.29, 0.717) is 5.54 Å². The first kappa shape index (κ1) is 11.0. The fraction of sp³-hybridized carbons (Fsp3) is 1.00. The van der Waals surface area contributed by atoms with Gasteiger partial charge in [-0.2, -0.15) is 0 Å². The third kappa shape index (κ3) is 2.82. The summed E-state index contributed by atoms with van der Waals surface area (Å²) in [6.45, 7) is 14.4. The lowest BCUT2D eigenvalue weighted by molar-refractivity contribution is 0.0121. The first-order chi connectivity index (χ1) is 5.02. The second kappa shape index (κ2) is 4.10. The van der Waals surface area contributed by atoms with Crippen molar-refractivity contribution >= 4 is 0 Å². The summed E-state index contributed by atoms with van der Waals surface area (Å²) in [6, 6.07) is 0.824. The van der Waals surface area contributed by atoms with Crippen molar-refractivity contribution in [2.75, 3.05) is 6.54 Å². The van der Waals surface area contributed by atoms with Crippen molar-refractivity contribution < 1.29 is 0 Å². The molecule has 0 N–H and O–H groups in total. The van der Waals surface area contributed by atoms with Gasteiger partial charge in [0.15, 0.2) is 0 Å². The molecule has 1 heteroatoms. The van der Waals surface area contributed by atoms with Gasteiger partial charge in [-0.05, 0) is 34.1 Å². The van der Waals surface area contributed by atoms with Gasteiger partial charge in [0.05, 0.1) is 0 Å². The highest BCUT2D eigenvalue weighted by molar-refractivity contribution is 4.88. The van der Waals surface area contributed by atoms with Gasteiger partial charge in [0.25, 0.3) is 0 Å². The molecule has 0 aromatic rings. The summed E-state index contributed by atoms with van der Waals surface area (Å²) in [6.07, 6.45) is 1.39. The lowest BCUT2D eigenvalue weighted by atomic mass is 9.95. The molecular formula is C10H23N. The highest BCUT2D eigenvalue weighted by Gasteiger charge is 2.32. The predicted octanol–water partition coefficient (Wildman–Crippen LogP) is 2.91. The Labute approximate surface area is 71.8 Å². The van der Waals surface area contributed by atoms with Crippen LogP contribution in [0.3, 0.4) is 0 Å². The van der Waals surface area contributed by atoms with E-state index in [9.17, 15) is 0 Å². The van der Waals surface area contributed by atoms with Gasteiger partial charge >= 0.3 is 0 Å². The molecule has 1 aliphatic heterocycles. The maximum Gasteiger partial charge on any atom is 0.0127 e. The molecule has 1 fully saturated rings. The molecule has 68 valence electrons. The molecule has 1 heterocycles. The van der Waals surface area contributed by atoms with Crippen LogP contribution in [0.2, 0.25) is 0 Å². The molecule has 1 aliphatic rings. The molecule has 1 nitrogen and oxygen atoms in total. The van der Waals surface area contributed by atoms with Crippen LogP contribution in [0.25, 0.3) is 0 Å². The van der Waals surface area contributed by atoms with Crippen molar-refractivity contribution in [3.63, 3.8) is 0 Å². The molecule has 1 rings (SSSR count). The maximum absolute atomic E-state index is 2.53. The van der Waals surface area contributed by atoms with Crippen LogP contribution >= 0.6 is 0 Å². The molecule has 0 saturated carbocycles. The van der Waals surface area contributed by atoms with Crippen LogP contribution < -0.4 is 0 Å². The quantitative estimate of drug-likeness (QED) is 0.522. The predicted molar refractivity (Wildman–Crippen MR) is 51.9 cm³/mol. The Morgan fingerprint density at radius 1 is 1.18 bits per heavy atom. The van der Waals surface area contributed by atoms with Crippen LogP contribution in [-0.4, -0.2) is 23.0 Å². The zero-order chi connectivity index (χ0) is 9.07. The van der Waals surface area contributed by atoms with Crippen molar-refractivity contribution in [2.24, 2.45) is 0 Å². The van der Waals surface area contributed by atoms with Crippen LogP contribution in [-0.2, 0) is 0 Å². The topological polar surface area (TPSA) is 3.24 Å². The first-order valence-corrected chi connectivity index (χ1v) is 4.78. The molecule has 0 aromatic heterocycles. The average molecular weight is 157 g/mol. The minimum Gasteiger partial charge on any atom is -0.296 e. The van der Waals surface area contributed by atoms with Gasteiger partial charge in [-0.3, -0.25) is 4.90 Å². The van der Waals surface area contributed by atoms with Gasteiger partial charge in [0.1, 0.15) is 0 Å². The van der Waals surface area contributed by atoms with Crippen LogP contribution in [0.1, 0.15) is 48.0 Å². The van der Waals surface area contributed by atoms with Crippen molar-refractivity contribution in [3.05, 3.63) is 0 Å². The van der Waals surface area contributed by atoms with E-state index < -0.39 is 0 Å². The summed E-state index contributed by atoms with van der Waals surface area (Å²) in [5.41, 5.74) is 0.400. The van der Waals surface area contributed by atoms with Gasteiger partial charge in [-0.1, -0.05) is 13.8 Å². The number of nitrogens with zero attached hydrogens (tertiary/aromatic N) is 1. The first-order valence-electron chi connectivity index (χ1n) is 4.78. The van der Waals surface area contributed by atoms with E-state index in [4.69, 9.17) is 0 Å². The van der Waals surface area contributed by atoms with Crippen molar-refractivity contribution in [2.45, 2.75) is 59.5 Å². The summed E-state index contributed by atoms with van der Waals surface area (Å²) in [5, 5.41) is 0. The third-order valence-electron chi connectivity index (χ3n) is 2.18. The lowest BCUT2D eigenvalue weighted by Gasteiger charge is -2.48. The molecular weight excluding hydrogens is 134 g/mol. The normalized spacial score (nSPS) is 25.1. The molecule has 0 aromatic carbocycles. The Kier molecular flexibility index (Phi) is 4.09. The summed E-state index contributed by atoms with van der Waals surface area (Å²) < 4.78 is 0. The fourth-order valence-corrected chi connectivity index (χ4v) is 1.51. The van der Waals surface area contributed by atoms with Crippen molar-refractivity contribution in [1.29, 1.82) is 0 Å². The molecule has 0 radical (unpaired) electrons. The van der Waals surface area contributed by atoms with Crippen LogP contribution in [0.5, 0.6) is 0 Å². The average Bonchev–Trinajstić information content (AvgIpc) is 1.86. The Balaban J connectivity index is 0.000000461. The molecule has 1 atom stereocenters. The van der Waals surface area contributed by atoms with E-state index >= 15 is 0 Å². The molecule has 1 unspecified atom stereocenters. The Hall–Kier alpha value is -0.0400. The molecule has 0 bridgehead atoms. The molecule has 0 amide bonds. The van der Waals surface area contributed by atoms with Crippen molar-refractivity contribution in [3.8, 4) is 0 Å². The fourth-order valence-electron chi connectivity index (χ4n) is 1.51. The Morgan fingerprint density at radius 2 is 1.64 bits per heavy atom. The van der Waals surface area contributed by atoms with E-state index in [2.05, 4.69) is 32.6 Å². The highest BCUT2D eigenvalue weighted by atomic mass is 15.3. The smallest absolute Gasteiger partial charge is 0.0127 e. The standard InChI is InChI=1S/C8H17N.C2H6/c1-7-5-6-9(7)8(2,3)4;1-2/h7H,5-6H2,1-4H3;1-2H3. The second-order valence-corrected chi connectivity index (χ2v) is 4.00. The molecule has 1 saturated heterocycles. The largest absolute Gasteiger partial charge is 0.296 e. The van der Waals surface area contributed by atoms with Gasteiger partial charge in [-0.25, -0.2) is 0 Å². The van der Waals surface area contributed by atoms with E-state index in [-0.39, 0.29) is 0 Å². The second-order valence-electron chi connectivity index (χ2n) is 4.00. The van der Waals surface area contributed by atoms with Gasteiger partial charge in [0, 0.05) is 18.1 Å². The summed E-state index contributed by atoms with van der Waals surface area (Å²) in [4.78, 5) is 2.53. The maximum atomic E-state index is 2.53. The third-order valence-corrected chi connectivity index (χ3v) is 2.18. The summed E-state index contributed by atoms with van der Waals surface area (Å²) in [5.74, 6) is 0. The van der Waals surface area contributed by atoms with E-state index in [1.54, 1.807) is 0 Å². The number of rotatable bonds is 0. The lowest BCUT2D eigenvalue weighted by Crippen LogP contribution is -2.55. The van der Waals surface area contributed by atoms with E-state index in [1.165, 1.54) is 13.0 Å².